The summed E-state index contributed by atoms with van der Waals surface area (Å²) >= 11 is 5.90. The zero-order chi connectivity index (χ0) is 16.0. The fourth-order valence-electron chi connectivity index (χ4n) is 3.94. The number of carbonyl (C=O) groups excluding carboxylic acids is 2. The molecule has 1 aromatic rings. The van der Waals surface area contributed by atoms with Crippen LogP contribution in [-0.4, -0.2) is 48.6 Å². The number of benzene rings is 1. The van der Waals surface area contributed by atoms with E-state index < -0.39 is 0 Å². The van der Waals surface area contributed by atoms with Crippen molar-refractivity contribution in [1.82, 2.24) is 4.90 Å². The van der Waals surface area contributed by atoms with Crippen LogP contribution in [0.4, 0.5) is 5.69 Å². The number of halogens is 1. The molecule has 4 rings (SSSR count). The Labute approximate surface area is 140 Å². The lowest BCUT2D eigenvalue weighted by molar-refractivity contribution is -0.145. The van der Waals surface area contributed by atoms with Crippen LogP contribution < -0.4 is 4.90 Å². The molecular weight excluding hydrogens is 316 g/mol. The maximum atomic E-state index is 12.9. The summed E-state index contributed by atoms with van der Waals surface area (Å²) in [5, 5.41) is 0.637. The van der Waals surface area contributed by atoms with Gasteiger partial charge in [0.2, 0.25) is 11.8 Å². The molecule has 3 aliphatic rings. The predicted octanol–water partition coefficient (Wildman–Crippen LogP) is 2.08. The van der Waals surface area contributed by atoms with Crippen LogP contribution in [0.25, 0.3) is 0 Å². The SMILES string of the molecule is O=C1C[C@@H](C(=O)N2[C@@H]3CC[C@H]2COC3)CN1c1ccc(Cl)cc1. The second-order valence-electron chi connectivity index (χ2n) is 6.55. The summed E-state index contributed by atoms with van der Waals surface area (Å²) in [6, 6.07) is 7.57. The van der Waals surface area contributed by atoms with Gasteiger partial charge in [0.15, 0.2) is 0 Å². The first kappa shape index (κ1) is 15.0. The molecule has 0 radical (unpaired) electrons. The van der Waals surface area contributed by atoms with Gasteiger partial charge in [-0.15, -0.1) is 0 Å². The van der Waals surface area contributed by atoms with Crippen molar-refractivity contribution in [2.75, 3.05) is 24.7 Å². The Hall–Kier alpha value is -1.59. The third-order valence-electron chi connectivity index (χ3n) is 5.11. The van der Waals surface area contributed by atoms with Crippen LogP contribution in [0, 0.1) is 5.92 Å². The van der Waals surface area contributed by atoms with Gasteiger partial charge >= 0.3 is 0 Å². The molecule has 2 bridgehead atoms. The largest absolute Gasteiger partial charge is 0.377 e. The lowest BCUT2D eigenvalue weighted by Crippen LogP contribution is -2.51. The number of fused-ring (bicyclic) bond motifs is 2. The predicted molar refractivity (Wildman–Crippen MR) is 86.4 cm³/mol. The van der Waals surface area contributed by atoms with Gasteiger partial charge in [0.1, 0.15) is 0 Å². The van der Waals surface area contributed by atoms with E-state index in [1.807, 2.05) is 17.0 Å². The van der Waals surface area contributed by atoms with Gasteiger partial charge in [-0.2, -0.15) is 0 Å². The van der Waals surface area contributed by atoms with Gasteiger partial charge in [0, 0.05) is 23.7 Å². The Morgan fingerprint density at radius 3 is 2.43 bits per heavy atom. The second-order valence-corrected chi connectivity index (χ2v) is 6.99. The molecule has 0 aromatic heterocycles. The van der Waals surface area contributed by atoms with Gasteiger partial charge in [0.25, 0.3) is 0 Å². The molecule has 0 saturated carbocycles. The first-order chi connectivity index (χ1) is 11.1. The van der Waals surface area contributed by atoms with Gasteiger partial charge in [-0.25, -0.2) is 0 Å². The third-order valence-corrected chi connectivity index (χ3v) is 5.36. The van der Waals surface area contributed by atoms with E-state index in [4.69, 9.17) is 16.3 Å². The summed E-state index contributed by atoms with van der Waals surface area (Å²) in [5.74, 6) is -0.128. The van der Waals surface area contributed by atoms with E-state index in [0.29, 0.717) is 24.8 Å². The molecule has 0 unspecified atom stereocenters. The topological polar surface area (TPSA) is 49.9 Å². The minimum Gasteiger partial charge on any atom is -0.377 e. The highest BCUT2D eigenvalue weighted by atomic mass is 35.5. The van der Waals surface area contributed by atoms with Gasteiger partial charge < -0.3 is 14.5 Å². The summed E-state index contributed by atoms with van der Waals surface area (Å²) in [4.78, 5) is 28.9. The Balaban J connectivity index is 1.50. The number of morpholine rings is 1. The van der Waals surface area contributed by atoms with Crippen LogP contribution in [0.1, 0.15) is 19.3 Å². The highest BCUT2D eigenvalue weighted by molar-refractivity contribution is 6.30. The molecule has 0 aliphatic carbocycles. The zero-order valence-electron chi connectivity index (χ0n) is 12.8. The van der Waals surface area contributed by atoms with E-state index in [9.17, 15) is 9.59 Å². The van der Waals surface area contributed by atoms with Crippen molar-refractivity contribution in [3.63, 3.8) is 0 Å². The number of hydrogen-bond donors (Lipinski definition) is 0. The molecule has 122 valence electrons. The number of ether oxygens (including phenoxy) is 1. The monoisotopic (exact) mass is 334 g/mol. The fraction of sp³-hybridized carbons (Fsp3) is 0.529. The molecule has 3 atom stereocenters. The van der Waals surface area contributed by atoms with Crippen LogP contribution in [0.3, 0.4) is 0 Å². The van der Waals surface area contributed by atoms with Crippen LogP contribution in [0.2, 0.25) is 5.02 Å². The Morgan fingerprint density at radius 2 is 1.78 bits per heavy atom. The summed E-state index contributed by atoms with van der Waals surface area (Å²) in [5.41, 5.74) is 0.805. The molecule has 1 aromatic carbocycles. The fourth-order valence-corrected chi connectivity index (χ4v) is 4.07. The first-order valence-corrected chi connectivity index (χ1v) is 8.47. The smallest absolute Gasteiger partial charge is 0.228 e. The van der Waals surface area contributed by atoms with Crippen LogP contribution in [0.15, 0.2) is 24.3 Å². The van der Waals surface area contributed by atoms with Gasteiger partial charge in [-0.3, -0.25) is 9.59 Å². The number of anilines is 1. The van der Waals surface area contributed by atoms with Gasteiger partial charge in [-0.05, 0) is 37.1 Å². The number of carbonyl (C=O) groups is 2. The van der Waals surface area contributed by atoms with Crippen LogP contribution in [-0.2, 0) is 14.3 Å². The molecule has 3 fully saturated rings. The minimum atomic E-state index is -0.251. The van der Waals surface area contributed by atoms with Crippen LogP contribution >= 0.6 is 11.6 Å². The summed E-state index contributed by atoms with van der Waals surface area (Å²) in [7, 11) is 0. The van der Waals surface area contributed by atoms with E-state index >= 15 is 0 Å². The molecule has 0 spiro atoms. The van der Waals surface area contributed by atoms with E-state index in [-0.39, 0.29) is 36.2 Å². The summed E-state index contributed by atoms with van der Waals surface area (Å²) < 4.78 is 5.54. The van der Waals surface area contributed by atoms with E-state index in [1.54, 1.807) is 17.0 Å². The van der Waals surface area contributed by atoms with Crippen molar-refractivity contribution < 1.29 is 14.3 Å². The molecular formula is C17H19ClN2O3. The first-order valence-electron chi connectivity index (χ1n) is 8.09. The molecule has 3 aliphatic heterocycles. The number of rotatable bonds is 2. The van der Waals surface area contributed by atoms with Crippen molar-refractivity contribution in [3.8, 4) is 0 Å². The van der Waals surface area contributed by atoms with Crippen molar-refractivity contribution in [3.05, 3.63) is 29.3 Å². The van der Waals surface area contributed by atoms with Crippen LogP contribution in [0.5, 0.6) is 0 Å². The lowest BCUT2D eigenvalue weighted by Gasteiger charge is -2.36. The maximum absolute atomic E-state index is 12.9. The van der Waals surface area contributed by atoms with Gasteiger partial charge in [-0.1, -0.05) is 11.6 Å². The highest BCUT2D eigenvalue weighted by Crippen LogP contribution is 2.33. The molecule has 6 heteroatoms. The Bertz CT molecular complexity index is 617. The quantitative estimate of drug-likeness (QED) is 0.832. The van der Waals surface area contributed by atoms with E-state index in [1.165, 1.54) is 0 Å². The average Bonchev–Trinajstić information content (AvgIpc) is 3.05. The minimum absolute atomic E-state index is 0.00581. The summed E-state index contributed by atoms with van der Waals surface area (Å²) in [6.07, 6.45) is 2.31. The molecule has 2 amide bonds. The van der Waals surface area contributed by atoms with Gasteiger partial charge in [0.05, 0.1) is 31.2 Å². The zero-order valence-corrected chi connectivity index (χ0v) is 13.5. The third kappa shape index (κ3) is 2.62. The molecule has 23 heavy (non-hydrogen) atoms. The maximum Gasteiger partial charge on any atom is 0.228 e. The van der Waals surface area contributed by atoms with Crippen molar-refractivity contribution in [2.45, 2.75) is 31.3 Å². The van der Waals surface area contributed by atoms with E-state index in [2.05, 4.69) is 0 Å². The highest BCUT2D eigenvalue weighted by Gasteiger charge is 2.45. The normalized spacial score (nSPS) is 30.1. The molecule has 3 heterocycles. The van der Waals surface area contributed by atoms with Crippen molar-refractivity contribution in [2.24, 2.45) is 5.92 Å². The Kier molecular flexibility index (Phi) is 3.77. The summed E-state index contributed by atoms with van der Waals surface area (Å²) in [6.45, 7) is 1.71. The molecule has 0 N–H and O–H groups in total. The Morgan fingerprint density at radius 1 is 1.13 bits per heavy atom. The van der Waals surface area contributed by atoms with E-state index in [0.717, 1.165) is 18.5 Å². The van der Waals surface area contributed by atoms with Crippen molar-refractivity contribution in [1.29, 1.82) is 0 Å². The number of nitrogens with zero attached hydrogens (tertiary/aromatic N) is 2. The second kappa shape index (κ2) is 5.80. The van der Waals surface area contributed by atoms with Crippen molar-refractivity contribution >= 4 is 29.1 Å². The average molecular weight is 335 g/mol. The lowest BCUT2D eigenvalue weighted by atomic mass is 10.1. The molecule has 5 nitrogen and oxygen atoms in total. The molecule has 3 saturated heterocycles. The standard InChI is InChI=1S/C17H19ClN2O3/c18-12-1-3-13(4-2-12)19-8-11(7-16(19)21)17(22)20-14-5-6-15(20)10-23-9-14/h1-4,11,14-15H,5-10H2/t11-,14-,15+/m1/s1. The number of hydrogen-bond acceptors (Lipinski definition) is 3. The number of amides is 2.